The van der Waals surface area contributed by atoms with Crippen LogP contribution in [0.1, 0.15) is 0 Å². The molecule has 0 saturated heterocycles. The summed E-state index contributed by atoms with van der Waals surface area (Å²) < 4.78 is 3.38. The highest BCUT2D eigenvalue weighted by atomic mass is 35.6. The van der Waals surface area contributed by atoms with E-state index in [9.17, 15) is 4.79 Å². The van der Waals surface area contributed by atoms with Gasteiger partial charge >= 0.3 is 6.03 Å². The summed E-state index contributed by atoms with van der Waals surface area (Å²) in [6.07, 6.45) is -1.10. The highest BCUT2D eigenvalue weighted by molar-refractivity contribution is 7.80. The van der Waals surface area contributed by atoms with Gasteiger partial charge in [0.05, 0.1) is 12.8 Å². The molecule has 2 aromatic rings. The first-order chi connectivity index (χ1) is 12.8. The number of alkyl halides is 3. The summed E-state index contributed by atoms with van der Waals surface area (Å²) >= 11 is 23.1. The molecule has 0 aliphatic heterocycles. The van der Waals surface area contributed by atoms with E-state index in [0.29, 0.717) is 17.1 Å². The van der Waals surface area contributed by atoms with Gasteiger partial charge in [0.15, 0.2) is 11.3 Å². The van der Waals surface area contributed by atoms with E-state index in [4.69, 9.17) is 51.8 Å². The quantitative estimate of drug-likeness (QED) is 0.308. The minimum absolute atomic E-state index is 0.135. The van der Waals surface area contributed by atoms with E-state index >= 15 is 0 Å². The fraction of sp³-hybridized carbons (Fsp3) is 0.176. The summed E-state index contributed by atoms with van der Waals surface area (Å²) in [5, 5.41) is 11.0. The molecule has 0 saturated carbocycles. The predicted molar refractivity (Wildman–Crippen MR) is 115 cm³/mol. The third kappa shape index (κ3) is 6.95. The van der Waals surface area contributed by atoms with Crippen molar-refractivity contribution in [2.45, 2.75) is 9.96 Å². The number of para-hydroxylation sites is 3. The van der Waals surface area contributed by atoms with E-state index in [1.807, 2.05) is 18.2 Å². The molecule has 2 amide bonds. The normalized spacial score (nSPS) is 11.9. The summed E-state index contributed by atoms with van der Waals surface area (Å²) in [4.78, 5) is 12.2. The number of urea groups is 1. The van der Waals surface area contributed by atoms with E-state index < -0.39 is 16.0 Å². The van der Waals surface area contributed by atoms with Crippen molar-refractivity contribution >= 4 is 69.5 Å². The van der Waals surface area contributed by atoms with Crippen LogP contribution >= 0.6 is 47.0 Å². The molecule has 4 N–H and O–H groups in total. The Morgan fingerprint density at radius 1 is 1.00 bits per heavy atom. The molecule has 0 bridgehead atoms. The Bertz CT molecular complexity index is 787. The van der Waals surface area contributed by atoms with Crippen LogP contribution in [-0.2, 0) is 0 Å². The van der Waals surface area contributed by atoms with Gasteiger partial charge in [-0.2, -0.15) is 0 Å². The molecule has 0 unspecified atom stereocenters. The standard InChI is InChI=1S/C17H17Cl3N4O2S/c1-26-13-10-6-5-9-12(13)22-16(27)24-14(17(18,19)20)23-15(25)21-11-7-3-2-4-8-11/h2-10,14H,1H3,(H2,21,23,25)(H2,22,24,27)/t14-/m1/s1. The van der Waals surface area contributed by atoms with Crippen LogP contribution in [0.4, 0.5) is 16.2 Å². The summed E-state index contributed by atoms with van der Waals surface area (Å²) in [5.74, 6) is 0.585. The average Bonchev–Trinajstić information content (AvgIpc) is 2.61. The van der Waals surface area contributed by atoms with Crippen molar-refractivity contribution in [3.05, 3.63) is 54.6 Å². The van der Waals surface area contributed by atoms with Gasteiger partial charge in [-0.25, -0.2) is 4.79 Å². The van der Waals surface area contributed by atoms with Crippen molar-refractivity contribution in [3.63, 3.8) is 0 Å². The van der Waals surface area contributed by atoms with Crippen LogP contribution < -0.4 is 26.0 Å². The molecule has 0 aromatic heterocycles. The van der Waals surface area contributed by atoms with Crippen LogP contribution in [0.5, 0.6) is 5.75 Å². The molecular weight excluding hydrogens is 431 g/mol. The lowest BCUT2D eigenvalue weighted by Crippen LogP contribution is -2.57. The van der Waals surface area contributed by atoms with E-state index in [1.54, 1.807) is 36.4 Å². The molecule has 0 aliphatic carbocycles. The number of thiocarbonyl (C=S) groups is 1. The SMILES string of the molecule is COc1ccccc1NC(=S)N[C@@H](NC(=O)Nc1ccccc1)C(Cl)(Cl)Cl. The zero-order valence-corrected chi connectivity index (χ0v) is 17.2. The number of hydrogen-bond acceptors (Lipinski definition) is 3. The van der Waals surface area contributed by atoms with Crippen LogP contribution in [0.3, 0.4) is 0 Å². The third-order valence-corrected chi connectivity index (χ3v) is 4.14. The van der Waals surface area contributed by atoms with E-state index in [1.165, 1.54) is 7.11 Å². The van der Waals surface area contributed by atoms with Crippen molar-refractivity contribution in [1.29, 1.82) is 0 Å². The van der Waals surface area contributed by atoms with Crippen molar-refractivity contribution < 1.29 is 9.53 Å². The molecule has 0 fully saturated rings. The number of carbonyl (C=O) groups is 1. The Morgan fingerprint density at radius 2 is 1.63 bits per heavy atom. The van der Waals surface area contributed by atoms with Gasteiger partial charge in [0.2, 0.25) is 3.79 Å². The van der Waals surface area contributed by atoms with E-state index in [0.717, 1.165) is 0 Å². The predicted octanol–water partition coefficient (Wildman–Crippen LogP) is 4.50. The van der Waals surface area contributed by atoms with Gasteiger partial charge < -0.3 is 26.0 Å². The Balaban J connectivity index is 2.01. The topological polar surface area (TPSA) is 74.4 Å². The number of nitrogens with one attached hydrogen (secondary N) is 4. The number of methoxy groups -OCH3 is 1. The minimum atomic E-state index is -1.86. The lowest BCUT2D eigenvalue weighted by atomic mass is 10.3. The molecule has 144 valence electrons. The monoisotopic (exact) mass is 446 g/mol. The number of anilines is 2. The maximum Gasteiger partial charge on any atom is 0.320 e. The van der Waals surface area contributed by atoms with Gasteiger partial charge in [-0.15, -0.1) is 0 Å². The summed E-state index contributed by atoms with van der Waals surface area (Å²) in [6.45, 7) is 0. The first kappa shape index (κ1) is 21.4. The fourth-order valence-electron chi connectivity index (χ4n) is 2.06. The van der Waals surface area contributed by atoms with Crippen LogP contribution in [0.2, 0.25) is 0 Å². The molecular formula is C17H17Cl3N4O2S. The third-order valence-electron chi connectivity index (χ3n) is 3.27. The van der Waals surface area contributed by atoms with Crippen molar-refractivity contribution in [2.75, 3.05) is 17.7 Å². The zero-order chi connectivity index (χ0) is 19.9. The van der Waals surface area contributed by atoms with Crippen LogP contribution in [0, 0.1) is 0 Å². The Hall–Kier alpha value is -1.93. The number of carbonyl (C=O) groups excluding carboxylic acids is 1. The summed E-state index contributed by atoms with van der Waals surface area (Å²) in [5.41, 5.74) is 1.21. The van der Waals surface area contributed by atoms with Crippen molar-refractivity contribution in [1.82, 2.24) is 10.6 Å². The second kappa shape index (κ2) is 9.85. The molecule has 2 aromatic carbocycles. The lowest BCUT2D eigenvalue weighted by molar-refractivity contribution is 0.247. The number of halogens is 3. The molecule has 27 heavy (non-hydrogen) atoms. The largest absolute Gasteiger partial charge is 0.495 e. The average molecular weight is 448 g/mol. The minimum Gasteiger partial charge on any atom is -0.495 e. The van der Waals surface area contributed by atoms with Gasteiger partial charge in [0.1, 0.15) is 5.75 Å². The van der Waals surface area contributed by atoms with Gasteiger partial charge in [0.25, 0.3) is 0 Å². The highest BCUT2D eigenvalue weighted by Gasteiger charge is 2.34. The maximum atomic E-state index is 12.2. The molecule has 10 heteroatoms. The second-order valence-corrected chi connectivity index (χ2v) is 8.02. The fourth-order valence-corrected chi connectivity index (χ4v) is 2.61. The molecule has 2 rings (SSSR count). The zero-order valence-electron chi connectivity index (χ0n) is 14.1. The van der Waals surface area contributed by atoms with Gasteiger partial charge in [-0.05, 0) is 36.5 Å². The first-order valence-electron chi connectivity index (χ1n) is 7.69. The molecule has 0 spiro atoms. The van der Waals surface area contributed by atoms with Crippen LogP contribution in [-0.4, -0.2) is 28.2 Å². The van der Waals surface area contributed by atoms with E-state index in [2.05, 4.69) is 21.3 Å². The van der Waals surface area contributed by atoms with Crippen LogP contribution in [0.15, 0.2) is 54.6 Å². The van der Waals surface area contributed by atoms with Crippen molar-refractivity contribution in [2.24, 2.45) is 0 Å². The maximum absolute atomic E-state index is 12.2. The number of rotatable bonds is 5. The van der Waals surface area contributed by atoms with E-state index in [-0.39, 0.29) is 5.11 Å². The molecule has 0 aliphatic rings. The smallest absolute Gasteiger partial charge is 0.320 e. The van der Waals surface area contributed by atoms with Crippen LogP contribution in [0.25, 0.3) is 0 Å². The molecule has 6 nitrogen and oxygen atoms in total. The summed E-state index contributed by atoms with van der Waals surface area (Å²) in [6, 6.07) is 15.5. The second-order valence-electron chi connectivity index (χ2n) is 5.24. The first-order valence-corrected chi connectivity index (χ1v) is 9.23. The summed E-state index contributed by atoms with van der Waals surface area (Å²) in [7, 11) is 1.54. The van der Waals surface area contributed by atoms with Gasteiger partial charge in [-0.1, -0.05) is 65.1 Å². The molecule has 0 heterocycles. The van der Waals surface area contributed by atoms with Gasteiger partial charge in [0, 0.05) is 5.69 Å². The molecule has 0 radical (unpaired) electrons. The number of hydrogen-bond donors (Lipinski definition) is 4. The van der Waals surface area contributed by atoms with Crippen molar-refractivity contribution in [3.8, 4) is 5.75 Å². The lowest BCUT2D eigenvalue weighted by Gasteiger charge is -2.28. The highest BCUT2D eigenvalue weighted by Crippen LogP contribution is 2.29. The molecule has 1 atom stereocenters. The Morgan fingerprint density at radius 3 is 2.26 bits per heavy atom. The Kier molecular flexibility index (Phi) is 7.79. The number of benzene rings is 2. The number of amides is 2. The van der Waals surface area contributed by atoms with Gasteiger partial charge in [-0.3, -0.25) is 0 Å². The Labute approximate surface area is 177 Å². The number of ether oxygens (including phenoxy) is 1.